The van der Waals surface area contributed by atoms with Gasteiger partial charge in [0.15, 0.2) is 11.5 Å². The molecular weight excluding hydrogens is 496 g/mol. The van der Waals surface area contributed by atoms with Crippen LogP contribution >= 0.6 is 11.6 Å². The van der Waals surface area contributed by atoms with Crippen LogP contribution in [0.25, 0.3) is 0 Å². The van der Waals surface area contributed by atoms with Crippen molar-refractivity contribution < 1.29 is 17.9 Å². The quantitative estimate of drug-likeness (QED) is 0.318. The minimum absolute atomic E-state index is 0.0550. The zero-order valence-corrected chi connectivity index (χ0v) is 21.8. The lowest BCUT2D eigenvalue weighted by molar-refractivity contribution is 0.287. The van der Waals surface area contributed by atoms with E-state index in [1.807, 2.05) is 26.0 Å². The highest BCUT2D eigenvalue weighted by Crippen LogP contribution is 2.51. The largest absolute Gasteiger partial charge is 0.490 e. The summed E-state index contributed by atoms with van der Waals surface area (Å²) in [6.45, 7) is 5.04. The average Bonchev–Trinajstić information content (AvgIpc) is 3.35. The van der Waals surface area contributed by atoms with Gasteiger partial charge in [0.25, 0.3) is 10.0 Å². The number of allylic oxidation sites excluding steroid dienone is 2. The van der Waals surface area contributed by atoms with E-state index in [4.69, 9.17) is 21.1 Å². The molecule has 1 aliphatic carbocycles. The average molecular weight is 525 g/mol. The lowest BCUT2D eigenvalue weighted by Crippen LogP contribution is -2.29. The first-order valence-electron chi connectivity index (χ1n) is 12.1. The summed E-state index contributed by atoms with van der Waals surface area (Å²) in [5.41, 5.74) is 3.46. The van der Waals surface area contributed by atoms with Crippen LogP contribution < -0.4 is 19.5 Å². The van der Waals surface area contributed by atoms with Crippen LogP contribution in [0.1, 0.15) is 43.4 Å². The summed E-state index contributed by atoms with van der Waals surface area (Å²) in [6, 6.07) is 18.1. The SMILES string of the molecule is CCOc1ccc([C@H]2Nc3ccc(S(=O)(=O)Nc4cccc(Cl)c4)cc3[C@H]3C=CC[C@H]32)cc1OCC. The van der Waals surface area contributed by atoms with Crippen LogP contribution in [0.3, 0.4) is 0 Å². The second-order valence-electron chi connectivity index (χ2n) is 8.91. The fraction of sp³-hybridized carbons (Fsp3) is 0.286. The van der Waals surface area contributed by atoms with Crippen molar-refractivity contribution in [1.82, 2.24) is 0 Å². The maximum Gasteiger partial charge on any atom is 0.261 e. The Bertz CT molecular complexity index is 1410. The zero-order valence-electron chi connectivity index (χ0n) is 20.2. The van der Waals surface area contributed by atoms with Crippen molar-refractivity contribution in [2.75, 3.05) is 23.3 Å². The van der Waals surface area contributed by atoms with E-state index < -0.39 is 10.0 Å². The number of nitrogens with one attached hydrogen (secondary N) is 2. The molecule has 1 aliphatic heterocycles. The highest BCUT2D eigenvalue weighted by molar-refractivity contribution is 7.92. The summed E-state index contributed by atoms with van der Waals surface area (Å²) in [5, 5.41) is 4.14. The molecule has 3 aromatic carbocycles. The molecule has 188 valence electrons. The molecule has 0 unspecified atom stereocenters. The Balaban J connectivity index is 1.47. The molecular formula is C28H29ClN2O4S. The van der Waals surface area contributed by atoms with Gasteiger partial charge in [0.2, 0.25) is 0 Å². The number of hydrogen-bond donors (Lipinski definition) is 2. The third-order valence-corrected chi connectivity index (χ3v) is 8.26. The van der Waals surface area contributed by atoms with Gasteiger partial charge in [-0.2, -0.15) is 0 Å². The van der Waals surface area contributed by atoms with E-state index in [-0.39, 0.29) is 22.8 Å². The van der Waals surface area contributed by atoms with Gasteiger partial charge in [-0.1, -0.05) is 35.9 Å². The molecule has 0 bridgehead atoms. The van der Waals surface area contributed by atoms with Crippen molar-refractivity contribution in [2.24, 2.45) is 5.92 Å². The number of rotatable bonds is 8. The lowest BCUT2D eigenvalue weighted by Gasteiger charge is -2.38. The summed E-state index contributed by atoms with van der Waals surface area (Å²) in [6.07, 6.45) is 5.27. The summed E-state index contributed by atoms with van der Waals surface area (Å²) in [4.78, 5) is 0.222. The predicted octanol–water partition coefficient (Wildman–Crippen LogP) is 6.76. The number of benzene rings is 3. The van der Waals surface area contributed by atoms with Crippen LogP contribution in [0.2, 0.25) is 5.02 Å². The number of fused-ring (bicyclic) bond motifs is 3. The third kappa shape index (κ3) is 4.77. The van der Waals surface area contributed by atoms with Crippen molar-refractivity contribution in [3.63, 3.8) is 0 Å². The Morgan fingerprint density at radius 2 is 1.81 bits per heavy atom. The topological polar surface area (TPSA) is 76.7 Å². The first kappa shape index (κ1) is 24.5. The first-order chi connectivity index (χ1) is 17.4. The predicted molar refractivity (Wildman–Crippen MR) is 144 cm³/mol. The highest BCUT2D eigenvalue weighted by atomic mass is 35.5. The molecule has 0 radical (unpaired) electrons. The van der Waals surface area contributed by atoms with E-state index >= 15 is 0 Å². The molecule has 8 heteroatoms. The smallest absolute Gasteiger partial charge is 0.261 e. The van der Waals surface area contributed by atoms with Crippen LogP contribution in [-0.4, -0.2) is 21.6 Å². The number of ether oxygens (including phenoxy) is 2. The maximum absolute atomic E-state index is 13.1. The van der Waals surface area contributed by atoms with Gasteiger partial charge in [0.1, 0.15) is 0 Å². The van der Waals surface area contributed by atoms with Crippen molar-refractivity contribution in [3.05, 3.63) is 89.0 Å². The summed E-state index contributed by atoms with van der Waals surface area (Å²) >= 11 is 6.03. The highest BCUT2D eigenvalue weighted by Gasteiger charge is 2.38. The molecule has 36 heavy (non-hydrogen) atoms. The van der Waals surface area contributed by atoms with E-state index in [1.165, 1.54) is 0 Å². The fourth-order valence-corrected chi connectivity index (χ4v) is 6.37. The van der Waals surface area contributed by atoms with Crippen LogP contribution in [0.4, 0.5) is 11.4 Å². The summed E-state index contributed by atoms with van der Waals surface area (Å²) < 4.78 is 40.5. The molecule has 0 fully saturated rings. The Hall–Kier alpha value is -3.16. The second-order valence-corrected chi connectivity index (χ2v) is 11.0. The molecule has 0 saturated heterocycles. The van der Waals surface area contributed by atoms with Gasteiger partial charge < -0.3 is 14.8 Å². The normalized spacial score (nSPS) is 20.2. The molecule has 2 N–H and O–H groups in total. The molecule has 3 atom stereocenters. The summed E-state index contributed by atoms with van der Waals surface area (Å²) in [5.74, 6) is 1.83. The van der Waals surface area contributed by atoms with Crippen molar-refractivity contribution in [3.8, 4) is 11.5 Å². The van der Waals surface area contributed by atoms with Gasteiger partial charge in [-0.15, -0.1) is 0 Å². The fourth-order valence-electron chi connectivity index (χ4n) is 5.10. The third-order valence-electron chi connectivity index (χ3n) is 6.65. The molecule has 3 aromatic rings. The minimum atomic E-state index is -3.77. The Morgan fingerprint density at radius 1 is 1.00 bits per heavy atom. The second kappa shape index (κ2) is 10.1. The maximum atomic E-state index is 13.1. The summed E-state index contributed by atoms with van der Waals surface area (Å²) in [7, 11) is -3.77. The molecule has 6 nitrogen and oxygen atoms in total. The molecule has 0 aromatic heterocycles. The van der Waals surface area contributed by atoms with E-state index in [1.54, 1.807) is 36.4 Å². The Labute approximate surface area is 217 Å². The van der Waals surface area contributed by atoms with Crippen molar-refractivity contribution in [1.29, 1.82) is 0 Å². The number of halogens is 1. The Morgan fingerprint density at radius 3 is 2.58 bits per heavy atom. The zero-order chi connectivity index (χ0) is 25.3. The van der Waals surface area contributed by atoms with Gasteiger partial charge in [-0.3, -0.25) is 4.72 Å². The van der Waals surface area contributed by atoms with Gasteiger partial charge >= 0.3 is 0 Å². The van der Waals surface area contributed by atoms with E-state index in [2.05, 4.69) is 34.3 Å². The van der Waals surface area contributed by atoms with Gasteiger partial charge in [0.05, 0.1) is 29.8 Å². The van der Waals surface area contributed by atoms with Gasteiger partial charge in [0, 0.05) is 16.6 Å². The van der Waals surface area contributed by atoms with Gasteiger partial charge in [-0.05, 0) is 85.8 Å². The molecule has 0 spiro atoms. The lowest BCUT2D eigenvalue weighted by atomic mass is 9.77. The van der Waals surface area contributed by atoms with Crippen LogP contribution in [0.5, 0.6) is 11.5 Å². The molecule has 0 saturated carbocycles. The number of sulfonamides is 1. The standard InChI is InChI=1S/C28H29ClN2O4S/c1-3-34-26-14-11-18(15-27(26)35-4-2)28-23-10-6-9-22(23)24-17-21(12-13-25(24)30-28)36(32,33)31-20-8-5-7-19(29)16-20/h5-9,11-17,22-23,28,30-31H,3-4,10H2,1-2H3/t22-,23+,28+/m0/s1. The van der Waals surface area contributed by atoms with Gasteiger partial charge in [-0.25, -0.2) is 8.42 Å². The molecule has 5 rings (SSSR count). The minimum Gasteiger partial charge on any atom is -0.490 e. The van der Waals surface area contributed by atoms with Crippen LogP contribution in [0.15, 0.2) is 77.7 Å². The van der Waals surface area contributed by atoms with Crippen molar-refractivity contribution in [2.45, 2.75) is 37.1 Å². The monoisotopic (exact) mass is 524 g/mol. The number of hydrogen-bond acceptors (Lipinski definition) is 5. The van der Waals surface area contributed by atoms with Crippen LogP contribution in [0, 0.1) is 5.92 Å². The first-order valence-corrected chi connectivity index (χ1v) is 14.0. The molecule has 2 aliphatic rings. The van der Waals surface area contributed by atoms with E-state index in [9.17, 15) is 8.42 Å². The number of anilines is 2. The van der Waals surface area contributed by atoms with Crippen LogP contribution in [-0.2, 0) is 10.0 Å². The van der Waals surface area contributed by atoms with E-state index in [0.717, 1.165) is 34.7 Å². The Kier molecular flexibility index (Phi) is 6.86. The molecule has 0 amide bonds. The van der Waals surface area contributed by atoms with Crippen molar-refractivity contribution >= 4 is 33.0 Å². The molecule has 1 heterocycles. The van der Waals surface area contributed by atoms with E-state index in [0.29, 0.717) is 23.9 Å².